The van der Waals surface area contributed by atoms with Gasteiger partial charge in [-0.05, 0) is 60.6 Å². The molecule has 5 nitrogen and oxygen atoms in total. The summed E-state index contributed by atoms with van der Waals surface area (Å²) in [5.41, 5.74) is 5.28. The predicted octanol–water partition coefficient (Wildman–Crippen LogP) is 7.37. The summed E-state index contributed by atoms with van der Waals surface area (Å²) in [6.45, 7) is 10.1. The lowest BCUT2D eigenvalue weighted by molar-refractivity contribution is -0.118. The van der Waals surface area contributed by atoms with Gasteiger partial charge < -0.3 is 14.8 Å². The van der Waals surface area contributed by atoms with Crippen LogP contribution in [-0.2, 0) is 16.0 Å². The molecule has 1 amide bonds. The molecule has 2 aromatic carbocycles. The van der Waals surface area contributed by atoms with Crippen molar-refractivity contribution in [2.75, 3.05) is 18.5 Å². The Morgan fingerprint density at radius 3 is 2.44 bits per heavy atom. The number of thiophene rings is 1. The van der Waals surface area contributed by atoms with Crippen molar-refractivity contribution >= 4 is 44.1 Å². The van der Waals surface area contributed by atoms with Gasteiger partial charge in [-0.25, -0.2) is 4.79 Å². The van der Waals surface area contributed by atoms with Crippen LogP contribution in [0.25, 0.3) is 11.1 Å². The van der Waals surface area contributed by atoms with Crippen molar-refractivity contribution in [3.63, 3.8) is 0 Å². The zero-order valence-corrected chi connectivity index (χ0v) is 22.6. The monoisotopic (exact) mass is 543 g/mol. The smallest absolute Gasteiger partial charge is 0.341 e. The average Bonchev–Trinajstić information content (AvgIpc) is 3.23. The normalized spacial score (nSPS) is 10.9. The summed E-state index contributed by atoms with van der Waals surface area (Å²) in [6.07, 6.45) is 0.937. The van der Waals surface area contributed by atoms with Crippen molar-refractivity contribution in [3.05, 3.63) is 68.5 Å². The maximum absolute atomic E-state index is 12.8. The first kappa shape index (κ1) is 26.0. The molecule has 180 valence electrons. The van der Waals surface area contributed by atoms with Gasteiger partial charge in [0, 0.05) is 15.4 Å². The summed E-state index contributed by atoms with van der Waals surface area (Å²) in [5.74, 6) is 0.124. The van der Waals surface area contributed by atoms with Crippen molar-refractivity contribution in [2.24, 2.45) is 0 Å². The highest BCUT2D eigenvalue weighted by molar-refractivity contribution is 9.10. The van der Waals surface area contributed by atoms with Crippen LogP contribution in [0.2, 0.25) is 0 Å². The van der Waals surface area contributed by atoms with Gasteiger partial charge in [-0.2, -0.15) is 0 Å². The Morgan fingerprint density at radius 2 is 1.82 bits per heavy atom. The van der Waals surface area contributed by atoms with Gasteiger partial charge in [0.15, 0.2) is 6.61 Å². The van der Waals surface area contributed by atoms with Gasteiger partial charge in [0.05, 0.1) is 6.61 Å². The highest BCUT2D eigenvalue weighted by Gasteiger charge is 2.23. The van der Waals surface area contributed by atoms with E-state index in [0.717, 1.165) is 33.1 Å². The Morgan fingerprint density at radius 1 is 1.12 bits per heavy atom. The number of ether oxygens (including phenoxy) is 2. The minimum atomic E-state index is -0.458. The number of carbonyl (C=O) groups is 2. The number of benzene rings is 2. The number of anilines is 1. The van der Waals surface area contributed by atoms with E-state index in [4.69, 9.17) is 9.47 Å². The Balaban J connectivity index is 1.82. The van der Waals surface area contributed by atoms with E-state index in [-0.39, 0.29) is 25.0 Å². The van der Waals surface area contributed by atoms with Crippen molar-refractivity contribution in [1.82, 2.24) is 0 Å². The first-order valence-corrected chi connectivity index (χ1v) is 13.0. The van der Waals surface area contributed by atoms with Crippen molar-refractivity contribution in [2.45, 2.75) is 47.0 Å². The molecule has 0 fully saturated rings. The summed E-state index contributed by atoms with van der Waals surface area (Å²) in [6, 6.07) is 12.0. The first-order valence-electron chi connectivity index (χ1n) is 11.4. The second kappa shape index (κ2) is 11.7. The lowest BCUT2D eigenvalue weighted by Gasteiger charge is -2.16. The van der Waals surface area contributed by atoms with Gasteiger partial charge in [-0.1, -0.05) is 61.0 Å². The zero-order chi connectivity index (χ0) is 24.8. The standard InChI is InChI=1S/C27H30BrNO4S/c1-6-18-8-10-19(11-9-18)21-15-34-26(25(21)27(31)32-7-2)29-24(30)14-33-23-12-17(5)22(28)13-20(23)16(3)4/h8-13,15-16H,6-7,14H2,1-5H3,(H,29,30). The van der Waals surface area contributed by atoms with Crippen LogP contribution in [0.3, 0.4) is 0 Å². The molecule has 0 saturated heterocycles. The third-order valence-corrected chi connectivity index (χ3v) is 7.22. The van der Waals surface area contributed by atoms with Crippen LogP contribution in [0.5, 0.6) is 5.75 Å². The number of aryl methyl sites for hydroxylation is 2. The number of carbonyl (C=O) groups excluding carboxylic acids is 2. The van der Waals surface area contributed by atoms with Gasteiger partial charge in [-0.3, -0.25) is 4.79 Å². The van der Waals surface area contributed by atoms with E-state index in [9.17, 15) is 9.59 Å². The van der Waals surface area contributed by atoms with E-state index in [1.54, 1.807) is 6.92 Å². The molecule has 0 saturated carbocycles. The topological polar surface area (TPSA) is 64.6 Å². The quantitative estimate of drug-likeness (QED) is 0.286. The fraction of sp³-hybridized carbons (Fsp3) is 0.333. The fourth-order valence-electron chi connectivity index (χ4n) is 3.54. The molecule has 1 aromatic heterocycles. The fourth-order valence-corrected chi connectivity index (χ4v) is 4.88. The lowest BCUT2D eigenvalue weighted by Crippen LogP contribution is -2.21. The van der Waals surface area contributed by atoms with Gasteiger partial charge >= 0.3 is 5.97 Å². The number of rotatable bonds is 9. The molecule has 0 spiro atoms. The second-order valence-corrected chi connectivity index (χ2v) is 9.99. The molecule has 0 unspecified atom stereocenters. The van der Waals surface area contributed by atoms with Crippen LogP contribution in [0.4, 0.5) is 5.00 Å². The average molecular weight is 545 g/mol. The third-order valence-electron chi connectivity index (χ3n) is 5.47. The highest BCUT2D eigenvalue weighted by atomic mass is 79.9. The predicted molar refractivity (Wildman–Crippen MR) is 142 cm³/mol. The van der Waals surface area contributed by atoms with Crippen molar-refractivity contribution < 1.29 is 19.1 Å². The Bertz CT molecular complexity index is 1170. The molecular weight excluding hydrogens is 514 g/mol. The van der Waals surface area contributed by atoms with E-state index >= 15 is 0 Å². The largest absolute Gasteiger partial charge is 0.483 e. The van der Waals surface area contributed by atoms with Gasteiger partial charge in [0.25, 0.3) is 5.91 Å². The molecule has 0 aliphatic carbocycles. The van der Waals surface area contributed by atoms with Crippen LogP contribution in [-0.4, -0.2) is 25.1 Å². The molecule has 3 rings (SSSR count). The van der Waals surface area contributed by atoms with Gasteiger partial charge in [0.1, 0.15) is 16.3 Å². The molecule has 0 aliphatic heterocycles. The van der Waals surface area contributed by atoms with Crippen LogP contribution in [0.15, 0.2) is 46.3 Å². The number of hydrogen-bond donors (Lipinski definition) is 1. The molecular formula is C27H30BrNO4S. The van der Waals surface area contributed by atoms with E-state index < -0.39 is 5.97 Å². The molecule has 7 heteroatoms. The minimum Gasteiger partial charge on any atom is -0.483 e. The first-order chi connectivity index (χ1) is 16.2. The second-order valence-electron chi connectivity index (χ2n) is 8.26. The molecule has 0 aliphatic rings. The molecule has 0 atom stereocenters. The Labute approximate surface area is 213 Å². The number of amides is 1. The molecule has 3 aromatic rings. The highest BCUT2D eigenvalue weighted by Crippen LogP contribution is 2.37. The van der Waals surface area contributed by atoms with Crippen LogP contribution >= 0.6 is 27.3 Å². The molecule has 1 N–H and O–H groups in total. The van der Waals surface area contributed by atoms with E-state index in [2.05, 4.69) is 42.0 Å². The Kier molecular flexibility index (Phi) is 8.91. The van der Waals surface area contributed by atoms with Crippen LogP contribution in [0.1, 0.15) is 60.7 Å². The van der Waals surface area contributed by atoms with E-state index in [1.807, 2.05) is 48.7 Å². The number of halogens is 1. The maximum Gasteiger partial charge on any atom is 0.341 e. The Hall–Kier alpha value is -2.64. The third kappa shape index (κ3) is 6.07. The summed E-state index contributed by atoms with van der Waals surface area (Å²) >= 11 is 4.86. The molecule has 0 bridgehead atoms. The van der Waals surface area contributed by atoms with Crippen LogP contribution in [0, 0.1) is 6.92 Å². The summed E-state index contributed by atoms with van der Waals surface area (Å²) in [5, 5.41) is 5.18. The minimum absolute atomic E-state index is 0.165. The molecule has 0 radical (unpaired) electrons. The van der Waals surface area contributed by atoms with Crippen molar-refractivity contribution in [1.29, 1.82) is 0 Å². The maximum atomic E-state index is 12.8. The zero-order valence-electron chi connectivity index (χ0n) is 20.2. The van der Waals surface area contributed by atoms with E-state index in [1.165, 1.54) is 16.9 Å². The van der Waals surface area contributed by atoms with E-state index in [0.29, 0.717) is 16.3 Å². The number of nitrogens with one attached hydrogen (secondary N) is 1. The number of esters is 1. The summed E-state index contributed by atoms with van der Waals surface area (Å²) in [4.78, 5) is 25.6. The van der Waals surface area contributed by atoms with Crippen molar-refractivity contribution in [3.8, 4) is 16.9 Å². The summed E-state index contributed by atoms with van der Waals surface area (Å²) in [7, 11) is 0. The summed E-state index contributed by atoms with van der Waals surface area (Å²) < 4.78 is 12.2. The number of hydrogen-bond acceptors (Lipinski definition) is 5. The SMILES string of the molecule is CCOC(=O)c1c(-c2ccc(CC)cc2)csc1NC(=O)COc1cc(C)c(Br)cc1C(C)C. The van der Waals surface area contributed by atoms with Crippen LogP contribution < -0.4 is 10.1 Å². The lowest BCUT2D eigenvalue weighted by atomic mass is 10.0. The molecule has 34 heavy (non-hydrogen) atoms. The molecule has 1 heterocycles. The van der Waals surface area contributed by atoms with Gasteiger partial charge in [0.2, 0.25) is 0 Å². The van der Waals surface area contributed by atoms with Gasteiger partial charge in [-0.15, -0.1) is 11.3 Å².